The normalized spacial score (nSPS) is 11.1. The van der Waals surface area contributed by atoms with Gasteiger partial charge in [-0.1, -0.05) is 0 Å². The minimum atomic E-state index is -4.10. The van der Waals surface area contributed by atoms with Crippen LogP contribution in [0.3, 0.4) is 0 Å². The Hall–Kier alpha value is -2.68. The summed E-state index contributed by atoms with van der Waals surface area (Å²) in [5.41, 5.74) is -0.438. The van der Waals surface area contributed by atoms with Gasteiger partial charge in [-0.3, -0.25) is 9.71 Å². The van der Waals surface area contributed by atoms with E-state index in [4.69, 9.17) is 5.11 Å². The maximum absolute atomic E-state index is 13.0. The number of halogens is 1. The summed E-state index contributed by atoms with van der Waals surface area (Å²) in [6, 6.07) is 3.92. The number of rotatable bonds is 4. The van der Waals surface area contributed by atoms with Crippen molar-refractivity contribution >= 4 is 21.7 Å². The smallest absolute Gasteiger partial charge is 0.339 e. The summed E-state index contributed by atoms with van der Waals surface area (Å²) >= 11 is 0. The van der Waals surface area contributed by atoms with Crippen LogP contribution in [0.4, 0.5) is 10.1 Å². The number of aromatic carboxylic acids is 1. The molecule has 0 fully saturated rings. The summed E-state index contributed by atoms with van der Waals surface area (Å²) in [7, 11) is -4.10. The number of pyridine rings is 1. The maximum atomic E-state index is 13.0. The molecule has 1 aromatic heterocycles. The van der Waals surface area contributed by atoms with Crippen LogP contribution in [0.2, 0.25) is 0 Å². The minimum absolute atomic E-state index is 0.0678. The van der Waals surface area contributed by atoms with E-state index in [2.05, 4.69) is 9.71 Å². The van der Waals surface area contributed by atoms with E-state index in [9.17, 15) is 22.7 Å². The first-order chi connectivity index (χ1) is 9.79. The van der Waals surface area contributed by atoms with Crippen LogP contribution in [0.15, 0.2) is 41.6 Å². The molecule has 110 valence electrons. The summed E-state index contributed by atoms with van der Waals surface area (Å²) in [4.78, 5) is 13.8. The predicted molar refractivity (Wildman–Crippen MR) is 70.1 cm³/mol. The Morgan fingerprint density at radius 3 is 2.52 bits per heavy atom. The van der Waals surface area contributed by atoms with Crippen molar-refractivity contribution in [3.8, 4) is 5.75 Å². The second-order valence-corrected chi connectivity index (χ2v) is 5.66. The van der Waals surface area contributed by atoms with Gasteiger partial charge >= 0.3 is 5.97 Å². The fourth-order valence-electron chi connectivity index (χ4n) is 1.53. The summed E-state index contributed by atoms with van der Waals surface area (Å²) in [5.74, 6) is -2.77. The highest BCUT2D eigenvalue weighted by Gasteiger charge is 2.17. The van der Waals surface area contributed by atoms with Crippen molar-refractivity contribution < 1.29 is 27.8 Å². The van der Waals surface area contributed by atoms with Gasteiger partial charge in [0.2, 0.25) is 0 Å². The second-order valence-electron chi connectivity index (χ2n) is 3.98. The summed E-state index contributed by atoms with van der Waals surface area (Å²) in [5, 5.41) is 18.2. The summed E-state index contributed by atoms with van der Waals surface area (Å²) in [6.07, 6.45) is 1.81. The standard InChI is InChI=1S/C12H9FN2O5S/c13-7-3-9(6-14-5-7)21(19,20)15-8-1-2-10(12(17)18)11(16)4-8/h1-6,15-16H,(H,17,18). The lowest BCUT2D eigenvalue weighted by molar-refractivity contribution is 0.0694. The Labute approximate surface area is 118 Å². The topological polar surface area (TPSA) is 117 Å². The number of nitrogens with zero attached hydrogens (tertiary/aromatic N) is 1. The van der Waals surface area contributed by atoms with Crippen molar-refractivity contribution in [2.24, 2.45) is 0 Å². The number of aromatic hydroxyl groups is 1. The lowest BCUT2D eigenvalue weighted by Crippen LogP contribution is -2.13. The third-order valence-electron chi connectivity index (χ3n) is 2.47. The van der Waals surface area contributed by atoms with E-state index in [1.54, 1.807) is 0 Å². The van der Waals surface area contributed by atoms with E-state index in [1.807, 2.05) is 0 Å². The second kappa shape index (κ2) is 5.37. The lowest BCUT2D eigenvalue weighted by atomic mass is 10.2. The molecule has 0 radical (unpaired) electrons. The molecule has 2 rings (SSSR count). The minimum Gasteiger partial charge on any atom is -0.507 e. The van der Waals surface area contributed by atoms with E-state index < -0.39 is 32.5 Å². The van der Waals surface area contributed by atoms with Gasteiger partial charge < -0.3 is 10.2 Å². The molecule has 0 amide bonds. The van der Waals surface area contributed by atoms with Crippen molar-refractivity contribution in [1.29, 1.82) is 0 Å². The molecule has 1 heterocycles. The van der Waals surface area contributed by atoms with Crippen LogP contribution in [-0.4, -0.2) is 29.6 Å². The summed E-state index contributed by atoms with van der Waals surface area (Å²) in [6.45, 7) is 0. The third kappa shape index (κ3) is 3.26. The first-order valence-corrected chi connectivity index (χ1v) is 6.97. The molecule has 0 unspecified atom stereocenters. The van der Waals surface area contributed by atoms with Crippen molar-refractivity contribution in [2.45, 2.75) is 4.90 Å². The monoisotopic (exact) mass is 312 g/mol. The molecule has 0 spiro atoms. The molecule has 21 heavy (non-hydrogen) atoms. The molecule has 0 saturated carbocycles. The number of sulfonamides is 1. The molecule has 9 heteroatoms. The average molecular weight is 312 g/mol. The lowest BCUT2D eigenvalue weighted by Gasteiger charge is -2.09. The molecule has 2 aromatic rings. The fourth-order valence-corrected chi connectivity index (χ4v) is 2.55. The first-order valence-electron chi connectivity index (χ1n) is 5.49. The number of carbonyl (C=O) groups is 1. The van der Waals surface area contributed by atoms with E-state index in [-0.39, 0.29) is 11.3 Å². The first kappa shape index (κ1) is 14.7. The van der Waals surface area contributed by atoms with Crippen molar-refractivity contribution in [3.63, 3.8) is 0 Å². The summed E-state index contributed by atoms with van der Waals surface area (Å²) < 4.78 is 39.0. The number of nitrogens with one attached hydrogen (secondary N) is 1. The van der Waals surface area contributed by atoms with Crippen LogP contribution in [0.5, 0.6) is 5.75 Å². The number of carboxylic acid groups (broad SMARTS) is 1. The molecule has 0 aliphatic rings. The SMILES string of the molecule is O=C(O)c1ccc(NS(=O)(=O)c2cncc(F)c2)cc1O. The number of benzene rings is 1. The predicted octanol–water partition coefficient (Wildman–Crippen LogP) is 1.43. The molecule has 0 bridgehead atoms. The highest BCUT2D eigenvalue weighted by Crippen LogP contribution is 2.24. The van der Waals surface area contributed by atoms with Gasteiger partial charge in [0, 0.05) is 12.3 Å². The van der Waals surface area contributed by atoms with E-state index >= 15 is 0 Å². The Balaban J connectivity index is 2.33. The van der Waals surface area contributed by atoms with E-state index in [0.29, 0.717) is 0 Å². The zero-order valence-electron chi connectivity index (χ0n) is 10.3. The average Bonchev–Trinajstić information content (AvgIpc) is 2.37. The highest BCUT2D eigenvalue weighted by molar-refractivity contribution is 7.92. The number of anilines is 1. The Morgan fingerprint density at radius 1 is 1.24 bits per heavy atom. The van der Waals surface area contributed by atoms with Gasteiger partial charge in [-0.25, -0.2) is 17.6 Å². The van der Waals surface area contributed by atoms with Crippen LogP contribution in [-0.2, 0) is 10.0 Å². The molecular formula is C12H9FN2O5S. The van der Waals surface area contributed by atoms with Gasteiger partial charge in [0.25, 0.3) is 10.0 Å². The molecule has 3 N–H and O–H groups in total. The van der Waals surface area contributed by atoms with Gasteiger partial charge in [-0.05, 0) is 18.2 Å². The third-order valence-corrected chi connectivity index (χ3v) is 3.82. The van der Waals surface area contributed by atoms with Gasteiger partial charge in [0.15, 0.2) is 0 Å². The van der Waals surface area contributed by atoms with Crippen molar-refractivity contribution in [3.05, 3.63) is 48.0 Å². The highest BCUT2D eigenvalue weighted by atomic mass is 32.2. The van der Waals surface area contributed by atoms with Gasteiger partial charge in [0.05, 0.1) is 11.9 Å². The Bertz CT molecular complexity index is 807. The van der Waals surface area contributed by atoms with E-state index in [1.165, 1.54) is 0 Å². The van der Waals surface area contributed by atoms with E-state index in [0.717, 1.165) is 36.7 Å². The Morgan fingerprint density at radius 2 is 1.95 bits per heavy atom. The molecule has 0 aliphatic carbocycles. The largest absolute Gasteiger partial charge is 0.507 e. The molecule has 0 saturated heterocycles. The van der Waals surface area contributed by atoms with Crippen LogP contribution < -0.4 is 4.72 Å². The van der Waals surface area contributed by atoms with Gasteiger partial charge in [-0.15, -0.1) is 0 Å². The quantitative estimate of drug-likeness (QED) is 0.786. The molecule has 1 aromatic carbocycles. The van der Waals surface area contributed by atoms with Crippen LogP contribution in [0.25, 0.3) is 0 Å². The molecule has 0 atom stereocenters. The van der Waals surface area contributed by atoms with Gasteiger partial charge in [-0.2, -0.15) is 0 Å². The molecule has 0 aliphatic heterocycles. The molecule has 7 nitrogen and oxygen atoms in total. The number of aromatic nitrogens is 1. The van der Waals surface area contributed by atoms with Crippen LogP contribution >= 0.6 is 0 Å². The van der Waals surface area contributed by atoms with Crippen molar-refractivity contribution in [1.82, 2.24) is 4.98 Å². The number of hydrogen-bond acceptors (Lipinski definition) is 5. The van der Waals surface area contributed by atoms with Crippen LogP contribution in [0.1, 0.15) is 10.4 Å². The number of phenols is 1. The Kier molecular flexibility index (Phi) is 3.76. The maximum Gasteiger partial charge on any atom is 0.339 e. The van der Waals surface area contributed by atoms with Gasteiger partial charge in [0.1, 0.15) is 22.0 Å². The number of hydrogen-bond donors (Lipinski definition) is 3. The van der Waals surface area contributed by atoms with Crippen molar-refractivity contribution in [2.75, 3.05) is 4.72 Å². The van der Waals surface area contributed by atoms with Crippen LogP contribution in [0, 0.1) is 5.82 Å². The zero-order valence-corrected chi connectivity index (χ0v) is 11.1. The number of carboxylic acids is 1. The zero-order chi connectivity index (χ0) is 15.6. The molecular weight excluding hydrogens is 303 g/mol. The fraction of sp³-hybridized carbons (Fsp3) is 0.